The molecule has 0 radical (unpaired) electrons. The summed E-state index contributed by atoms with van der Waals surface area (Å²) in [6.07, 6.45) is 8.28. The molecule has 6 heterocycles. The second kappa shape index (κ2) is 8.64. The zero-order chi connectivity index (χ0) is 25.8. The van der Waals surface area contributed by atoms with Crippen LogP contribution < -0.4 is 9.64 Å². The lowest BCUT2D eigenvalue weighted by molar-refractivity contribution is -0.0542. The molecule has 1 amide bonds. The van der Waals surface area contributed by atoms with Crippen LogP contribution in [0.3, 0.4) is 0 Å². The van der Waals surface area contributed by atoms with Gasteiger partial charge in [-0.25, -0.2) is 14.3 Å². The molecule has 4 aromatic heterocycles. The summed E-state index contributed by atoms with van der Waals surface area (Å²) in [5.74, 6) is 1.70. The van der Waals surface area contributed by atoms with E-state index >= 15 is 0 Å². The minimum Gasteiger partial charge on any atom is -0.492 e. The van der Waals surface area contributed by atoms with Gasteiger partial charge < -0.3 is 19.3 Å². The number of amides is 1. The van der Waals surface area contributed by atoms with Gasteiger partial charge in [-0.15, -0.1) is 5.10 Å². The number of H-pyrrole nitrogens is 1. The highest BCUT2D eigenvalue weighted by atomic mass is 16.6. The van der Waals surface area contributed by atoms with Crippen LogP contribution in [0, 0.1) is 0 Å². The number of pyridine rings is 2. The van der Waals surface area contributed by atoms with Crippen molar-refractivity contribution in [1.29, 1.82) is 0 Å². The summed E-state index contributed by atoms with van der Waals surface area (Å²) in [6, 6.07) is 6.22. The minimum atomic E-state index is -0.478. The van der Waals surface area contributed by atoms with Crippen molar-refractivity contribution in [2.75, 3.05) is 31.1 Å². The average Bonchev–Trinajstić information content (AvgIpc) is 3.43. The Morgan fingerprint density at radius 2 is 1.92 bits per heavy atom. The fourth-order valence-corrected chi connectivity index (χ4v) is 5.55. The summed E-state index contributed by atoms with van der Waals surface area (Å²) >= 11 is 0. The minimum absolute atomic E-state index is 0.0813. The van der Waals surface area contributed by atoms with E-state index in [-0.39, 0.29) is 11.6 Å². The number of anilines is 1. The van der Waals surface area contributed by atoms with Gasteiger partial charge in [0.25, 0.3) is 0 Å². The van der Waals surface area contributed by atoms with Crippen LogP contribution in [-0.2, 0) is 4.74 Å². The van der Waals surface area contributed by atoms with Crippen molar-refractivity contribution >= 4 is 28.5 Å². The molecule has 0 bridgehead atoms. The van der Waals surface area contributed by atoms with Gasteiger partial charge in [0.05, 0.1) is 35.4 Å². The van der Waals surface area contributed by atoms with Gasteiger partial charge in [-0.05, 0) is 65.2 Å². The lowest BCUT2D eigenvalue weighted by Crippen LogP contribution is -2.66. The van der Waals surface area contributed by atoms with Crippen LogP contribution in [0.5, 0.6) is 5.75 Å². The lowest BCUT2D eigenvalue weighted by Gasteiger charge is -2.56. The van der Waals surface area contributed by atoms with Crippen LogP contribution in [0.1, 0.15) is 47.0 Å². The molecule has 1 spiro atoms. The normalized spacial score (nSPS) is 17.4. The Labute approximate surface area is 215 Å². The highest BCUT2D eigenvalue weighted by Gasteiger charge is 2.50. The molecule has 0 atom stereocenters. The first kappa shape index (κ1) is 23.6. The van der Waals surface area contributed by atoms with Crippen LogP contribution in [0.4, 0.5) is 10.6 Å². The number of aromatic nitrogens is 5. The number of carbonyl (C=O) groups is 1. The predicted octanol–water partition coefficient (Wildman–Crippen LogP) is 4.65. The molecule has 10 nitrogen and oxygen atoms in total. The largest absolute Gasteiger partial charge is 0.492 e. The molecule has 6 rings (SSSR count). The maximum Gasteiger partial charge on any atom is 0.410 e. The van der Waals surface area contributed by atoms with E-state index in [4.69, 9.17) is 14.5 Å². The molecule has 1 N–H and O–H groups in total. The second-order valence-corrected chi connectivity index (χ2v) is 10.9. The van der Waals surface area contributed by atoms with Crippen LogP contribution in [0.15, 0.2) is 36.8 Å². The van der Waals surface area contributed by atoms with Crippen molar-refractivity contribution in [2.24, 2.45) is 0 Å². The Bertz CT molecular complexity index is 1440. The Kier molecular flexibility index (Phi) is 5.50. The molecule has 37 heavy (non-hydrogen) atoms. The monoisotopic (exact) mass is 503 g/mol. The van der Waals surface area contributed by atoms with Crippen molar-refractivity contribution in [2.45, 2.75) is 58.1 Å². The van der Waals surface area contributed by atoms with Crippen molar-refractivity contribution in [3.63, 3.8) is 0 Å². The van der Waals surface area contributed by atoms with E-state index < -0.39 is 5.60 Å². The van der Waals surface area contributed by atoms with Crippen molar-refractivity contribution < 1.29 is 14.3 Å². The molecule has 2 fully saturated rings. The predicted molar refractivity (Wildman–Crippen MR) is 141 cm³/mol. The summed E-state index contributed by atoms with van der Waals surface area (Å²) in [5.41, 5.74) is 3.12. The van der Waals surface area contributed by atoms with Crippen LogP contribution in [-0.4, -0.2) is 73.2 Å². The smallest absolute Gasteiger partial charge is 0.410 e. The SMILES string of the molecule is CCOc1cc(-c2ccc(N3CCC4(CC3)CCN4C(=O)OC(C)(C)C)nc2)c2c3cn[nH]c3nn2c1. The van der Waals surface area contributed by atoms with E-state index in [1.165, 1.54) is 0 Å². The Morgan fingerprint density at radius 3 is 2.57 bits per heavy atom. The zero-order valence-corrected chi connectivity index (χ0v) is 21.8. The molecular weight excluding hydrogens is 470 g/mol. The van der Waals surface area contributed by atoms with Crippen molar-refractivity contribution in [3.8, 4) is 16.9 Å². The Balaban J connectivity index is 1.21. The van der Waals surface area contributed by atoms with Gasteiger partial charge >= 0.3 is 6.09 Å². The van der Waals surface area contributed by atoms with Crippen molar-refractivity contribution in [3.05, 3.63) is 36.8 Å². The van der Waals surface area contributed by atoms with Gasteiger partial charge in [-0.3, -0.25) is 5.10 Å². The van der Waals surface area contributed by atoms with Crippen molar-refractivity contribution in [1.82, 2.24) is 29.7 Å². The third-order valence-electron chi connectivity index (χ3n) is 7.48. The molecule has 0 saturated carbocycles. The number of ether oxygens (including phenoxy) is 2. The molecule has 2 aliphatic rings. The first-order chi connectivity index (χ1) is 17.8. The number of nitrogens with zero attached hydrogens (tertiary/aromatic N) is 6. The summed E-state index contributed by atoms with van der Waals surface area (Å²) < 4.78 is 13.3. The molecule has 0 unspecified atom stereocenters. The third kappa shape index (κ3) is 4.14. The van der Waals surface area contributed by atoms with Gasteiger partial charge in [-0.2, -0.15) is 5.10 Å². The van der Waals surface area contributed by atoms with E-state index in [9.17, 15) is 4.79 Å². The standard InChI is InChI=1S/C27H33N7O3/c1-5-36-19-14-20(23-21-16-29-30-24(21)31-34(23)17-19)18-6-7-22(28-15-18)32-11-8-27(9-12-32)10-13-33(27)25(35)37-26(2,3)4/h6-7,14-17H,5,8-13H2,1-4H3,(H,30,31). The summed E-state index contributed by atoms with van der Waals surface area (Å²) in [7, 11) is 0. The molecule has 10 heteroatoms. The molecule has 0 aliphatic carbocycles. The molecule has 2 saturated heterocycles. The lowest BCUT2D eigenvalue weighted by atomic mass is 9.76. The number of piperidine rings is 1. The highest BCUT2D eigenvalue weighted by Crippen LogP contribution is 2.42. The third-order valence-corrected chi connectivity index (χ3v) is 7.48. The summed E-state index contributed by atoms with van der Waals surface area (Å²) in [5, 5.41) is 12.7. The van der Waals surface area contributed by atoms with Gasteiger partial charge in [0, 0.05) is 37.0 Å². The number of rotatable bonds is 4. The molecule has 0 aromatic carbocycles. The Morgan fingerprint density at radius 1 is 1.14 bits per heavy atom. The molecule has 2 aliphatic heterocycles. The number of likely N-dealkylation sites (tertiary alicyclic amines) is 1. The fraction of sp³-hybridized carbons (Fsp3) is 0.481. The summed E-state index contributed by atoms with van der Waals surface area (Å²) in [6.45, 7) is 10.8. The first-order valence-corrected chi connectivity index (χ1v) is 13.0. The molecular formula is C27H33N7O3. The number of fused-ring (bicyclic) bond motifs is 3. The number of hydrogen-bond acceptors (Lipinski definition) is 7. The number of hydrogen-bond donors (Lipinski definition) is 1. The highest BCUT2D eigenvalue weighted by molar-refractivity contribution is 6.00. The van der Waals surface area contributed by atoms with Crippen LogP contribution in [0.2, 0.25) is 0 Å². The zero-order valence-electron chi connectivity index (χ0n) is 21.8. The average molecular weight is 504 g/mol. The maximum atomic E-state index is 12.7. The molecule has 194 valence electrons. The van der Waals surface area contributed by atoms with E-state index in [1.54, 1.807) is 6.20 Å². The quantitative estimate of drug-likeness (QED) is 0.433. The Hall–Kier alpha value is -3.82. The summed E-state index contributed by atoms with van der Waals surface area (Å²) in [4.78, 5) is 21.8. The van der Waals surface area contributed by atoms with Gasteiger partial charge in [0.15, 0.2) is 5.65 Å². The maximum absolute atomic E-state index is 12.7. The van der Waals surface area contributed by atoms with E-state index in [0.717, 1.165) is 78.1 Å². The fourth-order valence-electron chi connectivity index (χ4n) is 5.55. The molecule has 4 aromatic rings. The van der Waals surface area contributed by atoms with E-state index in [0.29, 0.717) is 6.61 Å². The van der Waals surface area contributed by atoms with Crippen LogP contribution >= 0.6 is 0 Å². The second-order valence-electron chi connectivity index (χ2n) is 10.9. The van der Waals surface area contributed by atoms with Gasteiger partial charge in [0.2, 0.25) is 0 Å². The number of nitrogens with one attached hydrogen (secondary N) is 1. The van der Waals surface area contributed by atoms with Crippen LogP contribution in [0.25, 0.3) is 27.7 Å². The van der Waals surface area contributed by atoms with E-state index in [1.807, 2.05) is 55.6 Å². The number of aromatic amines is 1. The van der Waals surface area contributed by atoms with Gasteiger partial charge in [0.1, 0.15) is 17.2 Å². The first-order valence-electron chi connectivity index (χ1n) is 13.0. The topological polar surface area (TPSA) is 101 Å². The van der Waals surface area contributed by atoms with E-state index in [2.05, 4.69) is 32.3 Å². The number of carbonyl (C=O) groups excluding carboxylic acids is 1. The van der Waals surface area contributed by atoms with Gasteiger partial charge in [-0.1, -0.05) is 0 Å².